The number of hydrogen-bond donors (Lipinski definition) is 1. The number of halogens is 1. The van der Waals surface area contributed by atoms with Crippen molar-refractivity contribution < 1.29 is 9.13 Å². The van der Waals surface area contributed by atoms with Gasteiger partial charge in [-0.1, -0.05) is 23.3 Å². The molecule has 0 amide bonds. The van der Waals surface area contributed by atoms with Gasteiger partial charge in [0.25, 0.3) is 0 Å². The van der Waals surface area contributed by atoms with Crippen molar-refractivity contribution in [2.75, 3.05) is 18.9 Å². The van der Waals surface area contributed by atoms with Crippen molar-refractivity contribution in [3.05, 3.63) is 59.3 Å². The zero-order valence-corrected chi connectivity index (χ0v) is 17.9. The van der Waals surface area contributed by atoms with Gasteiger partial charge in [-0.2, -0.15) is 5.10 Å². The van der Waals surface area contributed by atoms with Crippen LogP contribution in [-0.4, -0.2) is 48.0 Å². The van der Waals surface area contributed by atoms with E-state index < -0.39 is 5.82 Å². The van der Waals surface area contributed by atoms with Crippen molar-refractivity contribution in [1.82, 2.24) is 34.7 Å². The molecule has 1 saturated heterocycles. The van der Waals surface area contributed by atoms with Crippen molar-refractivity contribution in [1.29, 1.82) is 0 Å². The molecule has 0 aliphatic carbocycles. The maximum atomic E-state index is 14.9. The van der Waals surface area contributed by atoms with Crippen LogP contribution in [0.3, 0.4) is 0 Å². The van der Waals surface area contributed by atoms with Crippen molar-refractivity contribution in [2.45, 2.75) is 25.9 Å². The Morgan fingerprint density at radius 3 is 2.97 bits per heavy atom. The molecule has 1 unspecified atom stereocenters. The second-order valence-corrected chi connectivity index (χ2v) is 7.82. The first-order chi connectivity index (χ1) is 16.0. The summed E-state index contributed by atoms with van der Waals surface area (Å²) in [4.78, 5) is 8.53. The van der Waals surface area contributed by atoms with Crippen molar-refractivity contribution in [3.63, 3.8) is 0 Å². The Labute approximate surface area is 189 Å². The molecule has 3 aromatic heterocycles. The minimum atomic E-state index is -0.748. The summed E-state index contributed by atoms with van der Waals surface area (Å²) >= 11 is 0. The van der Waals surface area contributed by atoms with Gasteiger partial charge in [0, 0.05) is 23.9 Å². The van der Waals surface area contributed by atoms with Gasteiger partial charge >= 0.3 is 0 Å². The molecule has 10 heteroatoms. The lowest BCUT2D eigenvalue weighted by molar-refractivity contribution is 0.184. The summed E-state index contributed by atoms with van der Waals surface area (Å²) in [6.07, 6.45) is 10.0. The van der Waals surface area contributed by atoms with Crippen LogP contribution in [0.2, 0.25) is 0 Å². The van der Waals surface area contributed by atoms with Gasteiger partial charge in [0.2, 0.25) is 0 Å². The number of nitrogen functional groups attached to an aromatic ring is 1. The van der Waals surface area contributed by atoms with Crippen LogP contribution in [-0.2, 0) is 11.3 Å². The van der Waals surface area contributed by atoms with Crippen LogP contribution in [0.4, 0.5) is 10.2 Å². The maximum Gasteiger partial charge on any atom is 0.193 e. The molecular formula is C23H21FN8O. The van der Waals surface area contributed by atoms with Crippen LogP contribution in [0.5, 0.6) is 0 Å². The molecule has 0 spiro atoms. The van der Waals surface area contributed by atoms with E-state index in [-0.39, 0.29) is 29.1 Å². The third-order valence-electron chi connectivity index (χ3n) is 5.66. The monoisotopic (exact) mass is 444 g/mol. The van der Waals surface area contributed by atoms with Gasteiger partial charge in [0.05, 0.1) is 31.1 Å². The van der Waals surface area contributed by atoms with Crippen molar-refractivity contribution >= 4 is 5.82 Å². The second kappa shape index (κ2) is 8.44. The molecule has 33 heavy (non-hydrogen) atoms. The molecule has 1 aromatic carbocycles. The first kappa shape index (κ1) is 20.8. The largest absolute Gasteiger partial charge is 0.381 e. The summed E-state index contributed by atoms with van der Waals surface area (Å²) in [5, 5.41) is 12.8. The van der Waals surface area contributed by atoms with Gasteiger partial charge in [-0.15, -0.1) is 11.5 Å². The Morgan fingerprint density at radius 1 is 1.30 bits per heavy atom. The first-order valence-electron chi connectivity index (χ1n) is 10.5. The summed E-state index contributed by atoms with van der Waals surface area (Å²) in [6, 6.07) is 7.60. The summed E-state index contributed by atoms with van der Waals surface area (Å²) < 4.78 is 23.8. The highest BCUT2D eigenvalue weighted by atomic mass is 19.1. The highest BCUT2D eigenvalue weighted by Crippen LogP contribution is 2.28. The Bertz CT molecular complexity index is 1360. The van der Waals surface area contributed by atoms with E-state index in [1.54, 1.807) is 16.9 Å². The quantitative estimate of drug-likeness (QED) is 0.471. The summed E-state index contributed by atoms with van der Waals surface area (Å²) in [6.45, 7) is 3.65. The van der Waals surface area contributed by atoms with Crippen LogP contribution in [0.1, 0.15) is 29.3 Å². The van der Waals surface area contributed by atoms with E-state index in [1.807, 2.05) is 36.0 Å². The maximum absolute atomic E-state index is 14.9. The van der Waals surface area contributed by atoms with Crippen molar-refractivity contribution in [3.8, 4) is 35.1 Å². The Hall–Kier alpha value is -4.10. The van der Waals surface area contributed by atoms with Gasteiger partial charge < -0.3 is 10.5 Å². The number of nitrogens with two attached hydrogens (primary N) is 1. The summed E-state index contributed by atoms with van der Waals surface area (Å²) in [5.74, 6) is 1.87. The lowest BCUT2D eigenvalue weighted by Crippen LogP contribution is -2.10. The average molecular weight is 444 g/mol. The van der Waals surface area contributed by atoms with E-state index in [9.17, 15) is 4.39 Å². The fourth-order valence-corrected chi connectivity index (χ4v) is 3.83. The van der Waals surface area contributed by atoms with E-state index in [1.165, 1.54) is 0 Å². The topological polar surface area (TPSA) is 110 Å². The number of rotatable bonds is 5. The molecule has 2 N–H and O–H groups in total. The van der Waals surface area contributed by atoms with Crippen LogP contribution in [0.25, 0.3) is 22.8 Å². The molecule has 0 bridgehead atoms. The van der Waals surface area contributed by atoms with Crippen LogP contribution < -0.4 is 5.73 Å². The van der Waals surface area contributed by atoms with Crippen LogP contribution in [0.15, 0.2) is 36.7 Å². The predicted molar refractivity (Wildman–Crippen MR) is 119 cm³/mol. The summed E-state index contributed by atoms with van der Waals surface area (Å²) in [7, 11) is 0. The number of terminal acetylenes is 1. The second-order valence-electron chi connectivity index (χ2n) is 7.82. The molecule has 4 heterocycles. The first-order valence-corrected chi connectivity index (χ1v) is 10.5. The van der Waals surface area contributed by atoms with E-state index in [0.29, 0.717) is 24.3 Å². The molecule has 9 nitrogen and oxygen atoms in total. The van der Waals surface area contributed by atoms with Crippen molar-refractivity contribution in [2.24, 2.45) is 0 Å². The Morgan fingerprint density at radius 2 is 2.18 bits per heavy atom. The Balaban J connectivity index is 1.44. The predicted octanol–water partition coefficient (Wildman–Crippen LogP) is 2.62. The highest BCUT2D eigenvalue weighted by molar-refractivity contribution is 5.69. The third-order valence-corrected chi connectivity index (χ3v) is 5.66. The minimum Gasteiger partial charge on any atom is -0.381 e. The molecule has 0 saturated carbocycles. The van der Waals surface area contributed by atoms with E-state index in [2.05, 4.69) is 31.3 Å². The third kappa shape index (κ3) is 3.94. The van der Waals surface area contributed by atoms with Gasteiger partial charge in [0.15, 0.2) is 17.5 Å². The van der Waals surface area contributed by atoms with Crippen LogP contribution >= 0.6 is 0 Å². The lowest BCUT2D eigenvalue weighted by atomic mass is 10.0. The zero-order chi connectivity index (χ0) is 22.9. The number of hydrogen-bond acceptors (Lipinski definition) is 7. The highest BCUT2D eigenvalue weighted by Gasteiger charge is 2.21. The van der Waals surface area contributed by atoms with E-state index >= 15 is 0 Å². The number of anilines is 1. The Kier molecular flexibility index (Phi) is 5.32. The minimum absolute atomic E-state index is 0.0251. The fraction of sp³-hybridized carbons (Fsp3) is 0.261. The van der Waals surface area contributed by atoms with Gasteiger partial charge in [0.1, 0.15) is 11.4 Å². The number of aromatic nitrogens is 7. The molecule has 1 fully saturated rings. The van der Waals surface area contributed by atoms with Gasteiger partial charge in [-0.25, -0.2) is 19.0 Å². The van der Waals surface area contributed by atoms with E-state index in [4.69, 9.17) is 16.9 Å². The molecular weight excluding hydrogens is 423 g/mol. The molecule has 5 rings (SSSR count). The van der Waals surface area contributed by atoms with Crippen LogP contribution in [0, 0.1) is 25.1 Å². The average Bonchev–Trinajstić information content (AvgIpc) is 3.58. The molecule has 1 aliphatic heterocycles. The lowest BCUT2D eigenvalue weighted by Gasteiger charge is -2.09. The molecule has 166 valence electrons. The standard InChI is InChI=1S/C23H21FN8O/c1-3-15-5-4-6-18(14(15)2)23-26-21(20(24)22(25)27-23)19-12-31(30-28-19)11-16-7-9-32(29-16)17-8-10-33-13-17/h1,4-7,9,12,17H,8,10-11,13H2,2H3,(H2,25,26,27). The smallest absolute Gasteiger partial charge is 0.193 e. The SMILES string of the molecule is C#Cc1cccc(-c2nc(N)c(F)c(-c3cn(Cc4ccn(C5CCOC5)n4)nn3)n2)c1C. The number of ether oxygens (including phenoxy) is 1. The molecule has 4 aromatic rings. The number of benzene rings is 1. The van der Waals surface area contributed by atoms with E-state index in [0.717, 1.165) is 24.3 Å². The zero-order valence-electron chi connectivity index (χ0n) is 17.9. The number of nitrogens with zero attached hydrogens (tertiary/aromatic N) is 7. The van der Waals surface area contributed by atoms with Gasteiger partial charge in [-0.05, 0) is 31.0 Å². The normalized spacial score (nSPS) is 15.6. The molecule has 1 atom stereocenters. The fourth-order valence-electron chi connectivity index (χ4n) is 3.83. The van der Waals surface area contributed by atoms with Gasteiger partial charge in [-0.3, -0.25) is 4.68 Å². The summed E-state index contributed by atoms with van der Waals surface area (Å²) in [5.41, 5.74) is 9.08. The molecule has 1 aliphatic rings. The molecule has 0 radical (unpaired) electrons.